The molecular weight excluding hydrogens is 196 g/mol. The minimum absolute atomic E-state index is 0.118. The van der Waals surface area contributed by atoms with Crippen LogP contribution in [0.5, 0.6) is 0 Å². The van der Waals surface area contributed by atoms with Crippen LogP contribution >= 0.6 is 11.8 Å². The quantitative estimate of drug-likeness (QED) is 0.715. The summed E-state index contributed by atoms with van der Waals surface area (Å²) in [6.45, 7) is 0. The number of allylic oxidation sites excluding steroid dienone is 1. The first-order valence-corrected chi connectivity index (χ1v) is 6.47. The van der Waals surface area contributed by atoms with Crippen LogP contribution in [-0.4, -0.2) is 24.5 Å². The van der Waals surface area contributed by atoms with Gasteiger partial charge in [-0.05, 0) is 29.9 Å². The SMILES string of the molecule is O=S(=O)(O)CCC1C=CSCC1. The molecule has 1 unspecified atom stereocenters. The third-order valence-electron chi connectivity index (χ3n) is 1.80. The van der Waals surface area contributed by atoms with Crippen LogP contribution in [0.2, 0.25) is 0 Å². The van der Waals surface area contributed by atoms with Gasteiger partial charge in [0.2, 0.25) is 0 Å². The third kappa shape index (κ3) is 4.13. The standard InChI is InChI=1S/C7H12O3S2/c8-12(9,10)6-3-7-1-4-11-5-2-7/h1,4,7H,2-3,5-6H2,(H,8,9,10). The summed E-state index contributed by atoms with van der Waals surface area (Å²) in [7, 11) is -3.76. The summed E-state index contributed by atoms with van der Waals surface area (Å²) in [5, 5.41) is 2.00. The maximum absolute atomic E-state index is 10.4. The Bertz CT molecular complexity index is 256. The fraction of sp³-hybridized carbons (Fsp3) is 0.714. The summed E-state index contributed by atoms with van der Waals surface area (Å²) >= 11 is 1.74. The first kappa shape index (κ1) is 10.1. The van der Waals surface area contributed by atoms with Gasteiger partial charge in [0.15, 0.2) is 0 Å². The Kier molecular flexibility index (Phi) is 3.61. The number of hydrogen-bond donors (Lipinski definition) is 1. The lowest BCUT2D eigenvalue weighted by Crippen LogP contribution is -2.10. The largest absolute Gasteiger partial charge is 0.286 e. The van der Waals surface area contributed by atoms with Gasteiger partial charge in [-0.2, -0.15) is 8.42 Å². The molecule has 1 N–H and O–H groups in total. The van der Waals surface area contributed by atoms with Crippen molar-refractivity contribution in [1.82, 2.24) is 0 Å². The molecule has 0 aliphatic carbocycles. The van der Waals surface area contributed by atoms with Crippen molar-refractivity contribution in [2.75, 3.05) is 11.5 Å². The van der Waals surface area contributed by atoms with Crippen molar-refractivity contribution in [2.24, 2.45) is 5.92 Å². The lowest BCUT2D eigenvalue weighted by Gasteiger charge is -2.14. The van der Waals surface area contributed by atoms with E-state index < -0.39 is 10.1 Å². The van der Waals surface area contributed by atoms with Gasteiger partial charge in [0.25, 0.3) is 10.1 Å². The van der Waals surface area contributed by atoms with Crippen molar-refractivity contribution in [3.05, 3.63) is 11.5 Å². The van der Waals surface area contributed by atoms with Crippen LogP contribution in [0.4, 0.5) is 0 Å². The summed E-state index contributed by atoms with van der Waals surface area (Å²) in [5.41, 5.74) is 0. The second-order valence-electron chi connectivity index (χ2n) is 2.82. The average molecular weight is 208 g/mol. The smallest absolute Gasteiger partial charge is 0.264 e. The Hall–Kier alpha value is -0.000000000000000111. The molecule has 1 atom stereocenters. The van der Waals surface area contributed by atoms with Gasteiger partial charge in [-0.15, -0.1) is 11.8 Å². The summed E-state index contributed by atoms with van der Waals surface area (Å²) < 4.78 is 29.3. The Morgan fingerprint density at radius 3 is 2.83 bits per heavy atom. The maximum Gasteiger partial charge on any atom is 0.264 e. The van der Waals surface area contributed by atoms with Crippen molar-refractivity contribution in [1.29, 1.82) is 0 Å². The fourth-order valence-electron chi connectivity index (χ4n) is 1.09. The van der Waals surface area contributed by atoms with Crippen LogP contribution in [-0.2, 0) is 10.1 Å². The molecule has 0 spiro atoms. The molecule has 0 radical (unpaired) electrons. The molecule has 70 valence electrons. The van der Waals surface area contributed by atoms with Crippen molar-refractivity contribution >= 4 is 21.9 Å². The molecule has 0 saturated carbocycles. The Morgan fingerprint density at radius 1 is 1.58 bits per heavy atom. The van der Waals surface area contributed by atoms with Crippen LogP contribution in [0.3, 0.4) is 0 Å². The molecule has 0 saturated heterocycles. The second-order valence-corrected chi connectivity index (χ2v) is 5.41. The zero-order valence-corrected chi connectivity index (χ0v) is 8.27. The first-order valence-electron chi connectivity index (χ1n) is 3.81. The van der Waals surface area contributed by atoms with Gasteiger partial charge in [-0.25, -0.2) is 0 Å². The van der Waals surface area contributed by atoms with Crippen LogP contribution < -0.4 is 0 Å². The van der Waals surface area contributed by atoms with Crippen LogP contribution in [0.15, 0.2) is 11.5 Å². The van der Waals surface area contributed by atoms with E-state index in [1.807, 2.05) is 11.5 Å². The molecule has 0 aromatic heterocycles. The van der Waals surface area contributed by atoms with Gasteiger partial charge >= 0.3 is 0 Å². The molecule has 12 heavy (non-hydrogen) atoms. The maximum atomic E-state index is 10.4. The van der Waals surface area contributed by atoms with E-state index in [1.54, 1.807) is 11.8 Å². The minimum Gasteiger partial charge on any atom is -0.286 e. The van der Waals surface area contributed by atoms with Gasteiger partial charge in [-0.1, -0.05) is 6.08 Å². The van der Waals surface area contributed by atoms with E-state index in [-0.39, 0.29) is 5.75 Å². The highest BCUT2D eigenvalue weighted by atomic mass is 32.2. The van der Waals surface area contributed by atoms with E-state index in [1.165, 1.54) is 0 Å². The molecule has 1 aliphatic rings. The van der Waals surface area contributed by atoms with E-state index in [4.69, 9.17) is 4.55 Å². The molecule has 1 heterocycles. The van der Waals surface area contributed by atoms with E-state index >= 15 is 0 Å². The molecule has 5 heteroatoms. The molecule has 3 nitrogen and oxygen atoms in total. The van der Waals surface area contributed by atoms with Gasteiger partial charge in [0.1, 0.15) is 0 Å². The highest BCUT2D eigenvalue weighted by Gasteiger charge is 2.12. The summed E-state index contributed by atoms with van der Waals surface area (Å²) in [6.07, 6.45) is 3.56. The first-order chi connectivity index (χ1) is 5.58. The molecule has 1 rings (SSSR count). The Morgan fingerprint density at radius 2 is 2.33 bits per heavy atom. The molecule has 0 aromatic carbocycles. The zero-order chi connectivity index (χ0) is 9.03. The predicted molar refractivity (Wildman–Crippen MR) is 50.7 cm³/mol. The second kappa shape index (κ2) is 4.30. The van der Waals surface area contributed by atoms with Gasteiger partial charge in [0, 0.05) is 0 Å². The molecule has 0 amide bonds. The van der Waals surface area contributed by atoms with E-state index in [0.29, 0.717) is 12.3 Å². The molecule has 0 bridgehead atoms. The lowest BCUT2D eigenvalue weighted by atomic mass is 10.0. The predicted octanol–water partition coefficient (Wildman–Crippen LogP) is 1.53. The van der Waals surface area contributed by atoms with Gasteiger partial charge in [0.05, 0.1) is 5.75 Å². The molecular formula is C7H12O3S2. The molecule has 0 fully saturated rings. The number of rotatable bonds is 3. The number of hydrogen-bond acceptors (Lipinski definition) is 3. The summed E-state index contributed by atoms with van der Waals surface area (Å²) in [4.78, 5) is 0. The van der Waals surface area contributed by atoms with E-state index in [0.717, 1.165) is 12.2 Å². The van der Waals surface area contributed by atoms with Crippen LogP contribution in [0.1, 0.15) is 12.8 Å². The van der Waals surface area contributed by atoms with E-state index in [9.17, 15) is 8.42 Å². The molecule has 1 aliphatic heterocycles. The topological polar surface area (TPSA) is 54.4 Å². The monoisotopic (exact) mass is 208 g/mol. The highest BCUT2D eigenvalue weighted by Crippen LogP contribution is 2.22. The minimum atomic E-state index is -3.76. The van der Waals surface area contributed by atoms with Crippen LogP contribution in [0, 0.1) is 5.92 Å². The van der Waals surface area contributed by atoms with Crippen molar-refractivity contribution in [3.8, 4) is 0 Å². The fourth-order valence-corrected chi connectivity index (χ4v) is 2.60. The van der Waals surface area contributed by atoms with Crippen molar-refractivity contribution in [3.63, 3.8) is 0 Å². The summed E-state index contributed by atoms with van der Waals surface area (Å²) in [5.74, 6) is 1.26. The zero-order valence-electron chi connectivity index (χ0n) is 6.64. The normalized spacial score (nSPS) is 24.2. The Labute approximate surface area is 77.0 Å². The highest BCUT2D eigenvalue weighted by molar-refractivity contribution is 8.02. The third-order valence-corrected chi connectivity index (χ3v) is 3.37. The van der Waals surface area contributed by atoms with Crippen LogP contribution in [0.25, 0.3) is 0 Å². The van der Waals surface area contributed by atoms with E-state index in [2.05, 4.69) is 0 Å². The van der Waals surface area contributed by atoms with Crippen molar-refractivity contribution < 1.29 is 13.0 Å². The molecule has 0 aromatic rings. The lowest BCUT2D eigenvalue weighted by molar-refractivity contribution is 0.474. The van der Waals surface area contributed by atoms with Crippen molar-refractivity contribution in [2.45, 2.75) is 12.8 Å². The van der Waals surface area contributed by atoms with Gasteiger partial charge in [-0.3, -0.25) is 4.55 Å². The summed E-state index contributed by atoms with van der Waals surface area (Å²) in [6, 6.07) is 0. The van der Waals surface area contributed by atoms with Gasteiger partial charge < -0.3 is 0 Å². The average Bonchev–Trinajstić information content (AvgIpc) is 2.02. The Balaban J connectivity index is 2.32. The number of thioether (sulfide) groups is 1.